The summed E-state index contributed by atoms with van der Waals surface area (Å²) < 4.78 is 0. The standard InChI is InChI=1S/C18H25N3O3/c1-3-13(2)21(11-7-6-10-17(22)23)12-16-19-15-9-5-4-8-14(15)18(24)20-16/h4-5,8-9,13H,3,6-7,10-12H2,1-2H3,(H,22,23)(H,19,20,24). The van der Waals surface area contributed by atoms with Gasteiger partial charge < -0.3 is 10.1 Å². The van der Waals surface area contributed by atoms with Crippen molar-refractivity contribution in [3.8, 4) is 0 Å². The van der Waals surface area contributed by atoms with Crippen molar-refractivity contribution in [2.45, 2.75) is 52.1 Å². The Bertz CT molecular complexity index is 742. The van der Waals surface area contributed by atoms with E-state index in [9.17, 15) is 9.59 Å². The van der Waals surface area contributed by atoms with Gasteiger partial charge >= 0.3 is 5.97 Å². The van der Waals surface area contributed by atoms with Crippen molar-refractivity contribution in [2.75, 3.05) is 6.54 Å². The number of carboxylic acids is 1. The number of benzene rings is 1. The van der Waals surface area contributed by atoms with E-state index in [0.29, 0.717) is 35.7 Å². The number of carboxylic acid groups (broad SMARTS) is 1. The summed E-state index contributed by atoms with van der Waals surface area (Å²) in [4.78, 5) is 32.5. The molecule has 0 fully saturated rings. The molecular weight excluding hydrogens is 306 g/mol. The van der Waals surface area contributed by atoms with E-state index >= 15 is 0 Å². The molecule has 1 heterocycles. The second kappa shape index (κ2) is 8.59. The highest BCUT2D eigenvalue weighted by Crippen LogP contribution is 2.12. The first kappa shape index (κ1) is 18.1. The van der Waals surface area contributed by atoms with Crippen LogP contribution in [-0.2, 0) is 11.3 Å². The molecule has 2 rings (SSSR count). The Labute approximate surface area is 141 Å². The maximum Gasteiger partial charge on any atom is 0.303 e. The van der Waals surface area contributed by atoms with Gasteiger partial charge in [-0.3, -0.25) is 14.5 Å². The third-order valence-corrected chi connectivity index (χ3v) is 4.31. The quantitative estimate of drug-likeness (QED) is 0.690. The third-order valence-electron chi connectivity index (χ3n) is 4.31. The number of nitrogens with zero attached hydrogens (tertiary/aromatic N) is 2. The Morgan fingerprint density at radius 2 is 2.08 bits per heavy atom. The van der Waals surface area contributed by atoms with Crippen molar-refractivity contribution in [2.24, 2.45) is 0 Å². The number of fused-ring (bicyclic) bond motifs is 1. The predicted molar refractivity (Wildman–Crippen MR) is 94.0 cm³/mol. The predicted octanol–water partition coefficient (Wildman–Crippen LogP) is 2.78. The van der Waals surface area contributed by atoms with Crippen LogP contribution in [0, 0.1) is 0 Å². The second-order valence-electron chi connectivity index (χ2n) is 6.11. The molecule has 1 aromatic heterocycles. The summed E-state index contributed by atoms with van der Waals surface area (Å²) in [5, 5.41) is 9.33. The molecule has 1 atom stereocenters. The molecule has 0 aliphatic rings. The first-order valence-electron chi connectivity index (χ1n) is 8.45. The summed E-state index contributed by atoms with van der Waals surface area (Å²) in [6.07, 6.45) is 2.65. The van der Waals surface area contributed by atoms with Crippen molar-refractivity contribution in [1.29, 1.82) is 0 Å². The average molecular weight is 331 g/mol. The molecule has 130 valence electrons. The van der Waals surface area contributed by atoms with Gasteiger partial charge in [-0.25, -0.2) is 4.98 Å². The molecule has 1 aromatic carbocycles. The number of aromatic amines is 1. The third kappa shape index (κ3) is 4.89. The minimum Gasteiger partial charge on any atom is -0.481 e. The number of H-pyrrole nitrogens is 1. The highest BCUT2D eigenvalue weighted by Gasteiger charge is 2.14. The number of hydrogen-bond acceptors (Lipinski definition) is 4. The Balaban J connectivity index is 2.11. The summed E-state index contributed by atoms with van der Waals surface area (Å²) in [6.45, 7) is 5.60. The Morgan fingerprint density at radius 1 is 1.33 bits per heavy atom. The number of nitrogens with one attached hydrogen (secondary N) is 1. The van der Waals surface area contributed by atoms with Crippen molar-refractivity contribution >= 4 is 16.9 Å². The normalized spacial score (nSPS) is 12.6. The molecule has 2 N–H and O–H groups in total. The fraction of sp³-hybridized carbons (Fsp3) is 0.500. The van der Waals surface area contributed by atoms with Crippen LogP contribution in [0.5, 0.6) is 0 Å². The highest BCUT2D eigenvalue weighted by molar-refractivity contribution is 5.77. The van der Waals surface area contributed by atoms with Crippen LogP contribution in [0.3, 0.4) is 0 Å². The molecule has 0 amide bonds. The van der Waals surface area contributed by atoms with Gasteiger partial charge in [-0.15, -0.1) is 0 Å². The molecule has 24 heavy (non-hydrogen) atoms. The van der Waals surface area contributed by atoms with Crippen molar-refractivity contribution < 1.29 is 9.90 Å². The van der Waals surface area contributed by atoms with Gasteiger partial charge in [0, 0.05) is 12.5 Å². The van der Waals surface area contributed by atoms with Crippen LogP contribution >= 0.6 is 0 Å². The molecule has 6 nitrogen and oxygen atoms in total. The number of rotatable bonds is 9. The van der Waals surface area contributed by atoms with E-state index in [1.54, 1.807) is 6.07 Å². The van der Waals surface area contributed by atoms with E-state index in [-0.39, 0.29) is 12.0 Å². The summed E-state index contributed by atoms with van der Waals surface area (Å²) in [6, 6.07) is 7.65. The SMILES string of the molecule is CCC(C)N(CCCCC(=O)O)Cc1nc2ccccc2c(=O)[nH]1. The van der Waals surface area contributed by atoms with Crippen LogP contribution in [0.4, 0.5) is 0 Å². The van der Waals surface area contributed by atoms with Crippen LogP contribution in [0.25, 0.3) is 10.9 Å². The molecular formula is C18H25N3O3. The zero-order valence-corrected chi connectivity index (χ0v) is 14.3. The first-order valence-corrected chi connectivity index (χ1v) is 8.45. The van der Waals surface area contributed by atoms with E-state index in [2.05, 4.69) is 28.7 Å². The summed E-state index contributed by atoms with van der Waals surface area (Å²) in [7, 11) is 0. The van der Waals surface area contributed by atoms with Gasteiger partial charge in [-0.05, 0) is 44.9 Å². The minimum atomic E-state index is -0.759. The van der Waals surface area contributed by atoms with Crippen molar-refractivity contribution in [3.63, 3.8) is 0 Å². The van der Waals surface area contributed by atoms with Gasteiger partial charge in [0.1, 0.15) is 5.82 Å². The molecule has 2 aromatic rings. The zero-order valence-electron chi connectivity index (χ0n) is 14.3. The minimum absolute atomic E-state index is 0.120. The molecule has 0 aliphatic heterocycles. The number of unbranched alkanes of at least 4 members (excludes halogenated alkanes) is 1. The van der Waals surface area contributed by atoms with E-state index in [1.165, 1.54) is 0 Å². The molecule has 6 heteroatoms. The van der Waals surface area contributed by atoms with E-state index in [0.717, 1.165) is 19.4 Å². The van der Waals surface area contributed by atoms with Crippen molar-refractivity contribution in [1.82, 2.24) is 14.9 Å². The zero-order chi connectivity index (χ0) is 17.5. The summed E-state index contributed by atoms with van der Waals surface area (Å²) in [5.41, 5.74) is 0.580. The molecule has 0 radical (unpaired) electrons. The van der Waals surface area contributed by atoms with Gasteiger partial charge in [0.05, 0.1) is 17.4 Å². The van der Waals surface area contributed by atoms with Gasteiger partial charge in [0.25, 0.3) is 5.56 Å². The van der Waals surface area contributed by atoms with Crippen LogP contribution in [0.15, 0.2) is 29.1 Å². The summed E-state index contributed by atoms with van der Waals surface area (Å²) >= 11 is 0. The molecule has 0 saturated heterocycles. The number of carbonyl (C=O) groups is 1. The number of hydrogen-bond donors (Lipinski definition) is 2. The molecule has 0 saturated carbocycles. The van der Waals surface area contributed by atoms with Gasteiger partial charge in [-0.2, -0.15) is 0 Å². The number of para-hydroxylation sites is 1. The van der Waals surface area contributed by atoms with Gasteiger partial charge in [0.2, 0.25) is 0 Å². The lowest BCUT2D eigenvalue weighted by Gasteiger charge is -2.27. The van der Waals surface area contributed by atoms with Gasteiger partial charge in [0.15, 0.2) is 0 Å². The molecule has 0 bridgehead atoms. The fourth-order valence-electron chi connectivity index (χ4n) is 2.71. The van der Waals surface area contributed by atoms with Crippen LogP contribution in [-0.4, -0.2) is 38.5 Å². The lowest BCUT2D eigenvalue weighted by molar-refractivity contribution is -0.137. The average Bonchev–Trinajstić information content (AvgIpc) is 2.56. The monoisotopic (exact) mass is 331 g/mol. The lowest BCUT2D eigenvalue weighted by Crippen LogP contribution is -2.34. The summed E-state index contributed by atoms with van der Waals surface area (Å²) in [5.74, 6) is -0.108. The Hall–Kier alpha value is -2.21. The van der Waals surface area contributed by atoms with E-state index < -0.39 is 5.97 Å². The second-order valence-corrected chi connectivity index (χ2v) is 6.11. The topological polar surface area (TPSA) is 86.3 Å². The highest BCUT2D eigenvalue weighted by atomic mass is 16.4. The Morgan fingerprint density at radius 3 is 2.79 bits per heavy atom. The fourth-order valence-corrected chi connectivity index (χ4v) is 2.71. The first-order chi connectivity index (χ1) is 11.5. The lowest BCUT2D eigenvalue weighted by atomic mass is 10.1. The number of aliphatic carboxylic acids is 1. The molecule has 0 spiro atoms. The van der Waals surface area contributed by atoms with Crippen molar-refractivity contribution in [3.05, 3.63) is 40.4 Å². The Kier molecular flexibility index (Phi) is 6.49. The van der Waals surface area contributed by atoms with Crippen LogP contribution < -0.4 is 5.56 Å². The maximum absolute atomic E-state index is 12.2. The molecule has 1 unspecified atom stereocenters. The van der Waals surface area contributed by atoms with Crippen LogP contribution in [0.2, 0.25) is 0 Å². The van der Waals surface area contributed by atoms with Crippen LogP contribution in [0.1, 0.15) is 45.4 Å². The maximum atomic E-state index is 12.2. The molecule has 0 aliphatic carbocycles. The largest absolute Gasteiger partial charge is 0.481 e. The van der Waals surface area contributed by atoms with E-state index in [4.69, 9.17) is 5.11 Å². The number of aromatic nitrogens is 2. The smallest absolute Gasteiger partial charge is 0.303 e. The van der Waals surface area contributed by atoms with E-state index in [1.807, 2.05) is 18.2 Å². The van der Waals surface area contributed by atoms with Gasteiger partial charge in [-0.1, -0.05) is 19.1 Å².